The van der Waals surface area contributed by atoms with Crippen molar-refractivity contribution in [3.05, 3.63) is 82.4 Å². The number of para-hydroxylation sites is 1. The lowest BCUT2D eigenvalue weighted by Crippen LogP contribution is -2.15. The molecule has 1 heterocycles. The number of hydrogen-bond acceptors (Lipinski definition) is 5. The third-order valence-electron chi connectivity index (χ3n) is 4.95. The van der Waals surface area contributed by atoms with E-state index in [9.17, 15) is 9.59 Å². The van der Waals surface area contributed by atoms with E-state index in [1.807, 2.05) is 37.3 Å². The number of esters is 1. The van der Waals surface area contributed by atoms with Gasteiger partial charge in [-0.2, -0.15) is 9.78 Å². The van der Waals surface area contributed by atoms with Crippen molar-refractivity contribution in [3.63, 3.8) is 0 Å². The monoisotopic (exact) mass is 419 g/mol. The van der Waals surface area contributed by atoms with Crippen molar-refractivity contribution in [2.45, 2.75) is 6.92 Å². The predicted molar refractivity (Wildman–Crippen MR) is 117 cm³/mol. The highest BCUT2D eigenvalue weighted by Crippen LogP contribution is 2.31. The second kappa shape index (κ2) is 7.65. The van der Waals surface area contributed by atoms with E-state index in [2.05, 4.69) is 5.10 Å². The molecule has 0 radical (unpaired) electrons. The summed E-state index contributed by atoms with van der Waals surface area (Å²) in [5, 5.41) is 5.74. The maximum Gasteiger partial charge on any atom is 0.339 e. The molecule has 0 aliphatic heterocycles. The molecular formula is C23H18ClN3O3. The van der Waals surface area contributed by atoms with Crippen molar-refractivity contribution in [3.8, 4) is 11.3 Å². The van der Waals surface area contributed by atoms with Gasteiger partial charge in [0.05, 0.1) is 28.8 Å². The van der Waals surface area contributed by atoms with Gasteiger partial charge in [0.2, 0.25) is 0 Å². The SMILES string of the molecule is COC(=O)c1ccc(-c2nn(C(=O)c3c(C)cccc3Cl)c3ccccc23)cc1N. The van der Waals surface area contributed by atoms with Gasteiger partial charge >= 0.3 is 5.97 Å². The summed E-state index contributed by atoms with van der Waals surface area (Å²) in [7, 11) is 1.30. The lowest BCUT2D eigenvalue weighted by atomic mass is 10.0. The molecule has 4 aromatic rings. The number of halogens is 1. The summed E-state index contributed by atoms with van der Waals surface area (Å²) in [4.78, 5) is 25.2. The minimum Gasteiger partial charge on any atom is -0.465 e. The predicted octanol–water partition coefficient (Wildman–Crippen LogP) is 4.72. The minimum absolute atomic E-state index is 0.270. The first-order valence-corrected chi connectivity index (χ1v) is 9.56. The quantitative estimate of drug-likeness (QED) is 0.383. The highest BCUT2D eigenvalue weighted by atomic mass is 35.5. The van der Waals surface area contributed by atoms with E-state index in [-0.39, 0.29) is 17.2 Å². The molecule has 0 bridgehead atoms. The number of anilines is 1. The maximum atomic E-state index is 13.3. The smallest absolute Gasteiger partial charge is 0.339 e. The summed E-state index contributed by atoms with van der Waals surface area (Å²) in [6.45, 7) is 1.83. The Balaban J connectivity index is 1.89. The standard InChI is InChI=1S/C23H18ClN3O3/c1-13-6-5-8-17(24)20(13)22(28)27-19-9-4-3-7-16(19)21(26-27)14-10-11-15(18(25)12-14)23(29)30-2/h3-12H,25H2,1-2H3. The fourth-order valence-electron chi connectivity index (χ4n) is 3.45. The van der Waals surface area contributed by atoms with Crippen LogP contribution in [0, 0.1) is 6.92 Å². The number of aromatic nitrogens is 2. The summed E-state index contributed by atoms with van der Waals surface area (Å²) in [6, 6.07) is 17.7. The van der Waals surface area contributed by atoms with Crippen LogP contribution in [0.2, 0.25) is 5.02 Å². The zero-order valence-electron chi connectivity index (χ0n) is 16.3. The van der Waals surface area contributed by atoms with E-state index in [1.54, 1.807) is 30.3 Å². The molecule has 0 saturated carbocycles. The summed E-state index contributed by atoms with van der Waals surface area (Å²) >= 11 is 6.31. The third-order valence-corrected chi connectivity index (χ3v) is 5.26. The Hall–Kier alpha value is -3.64. The van der Waals surface area contributed by atoms with Gasteiger partial charge in [-0.15, -0.1) is 0 Å². The van der Waals surface area contributed by atoms with Gasteiger partial charge in [-0.25, -0.2) is 4.79 Å². The van der Waals surface area contributed by atoms with E-state index < -0.39 is 5.97 Å². The van der Waals surface area contributed by atoms with Gasteiger partial charge in [-0.05, 0) is 36.8 Å². The molecule has 0 aliphatic rings. The molecule has 0 fully saturated rings. The highest BCUT2D eigenvalue weighted by molar-refractivity contribution is 6.34. The fourth-order valence-corrected chi connectivity index (χ4v) is 3.75. The van der Waals surface area contributed by atoms with Crippen LogP contribution in [0.15, 0.2) is 60.7 Å². The Morgan fingerprint density at radius 1 is 1.07 bits per heavy atom. The summed E-state index contributed by atoms with van der Waals surface area (Å²) < 4.78 is 6.09. The largest absolute Gasteiger partial charge is 0.465 e. The van der Waals surface area contributed by atoms with Crippen molar-refractivity contribution >= 4 is 40.1 Å². The zero-order valence-corrected chi connectivity index (χ0v) is 17.1. The summed E-state index contributed by atoms with van der Waals surface area (Å²) in [6.07, 6.45) is 0. The Bertz CT molecular complexity index is 1290. The van der Waals surface area contributed by atoms with E-state index in [0.717, 1.165) is 10.9 Å². The van der Waals surface area contributed by atoms with E-state index >= 15 is 0 Å². The number of hydrogen-bond donors (Lipinski definition) is 1. The van der Waals surface area contributed by atoms with Crippen LogP contribution in [0.1, 0.15) is 26.3 Å². The molecule has 7 heteroatoms. The van der Waals surface area contributed by atoms with Crippen LogP contribution >= 0.6 is 11.6 Å². The number of benzene rings is 3. The van der Waals surface area contributed by atoms with Crippen molar-refractivity contribution in [2.24, 2.45) is 0 Å². The Morgan fingerprint density at radius 2 is 1.83 bits per heavy atom. The first-order chi connectivity index (χ1) is 14.4. The van der Waals surface area contributed by atoms with Crippen LogP contribution < -0.4 is 5.73 Å². The molecule has 0 saturated heterocycles. The maximum absolute atomic E-state index is 13.3. The van der Waals surface area contributed by atoms with Gasteiger partial charge in [-0.1, -0.05) is 48.0 Å². The number of nitrogens with two attached hydrogens (primary N) is 1. The molecular weight excluding hydrogens is 402 g/mol. The summed E-state index contributed by atoms with van der Waals surface area (Å²) in [5.74, 6) is -0.835. The molecule has 150 valence electrons. The number of carbonyl (C=O) groups excluding carboxylic acids is 2. The van der Waals surface area contributed by atoms with Crippen molar-refractivity contribution in [1.29, 1.82) is 0 Å². The van der Waals surface area contributed by atoms with Crippen LogP contribution in [-0.4, -0.2) is 28.8 Å². The van der Waals surface area contributed by atoms with Crippen LogP contribution in [0.4, 0.5) is 5.69 Å². The van der Waals surface area contributed by atoms with Gasteiger partial charge in [-0.3, -0.25) is 4.79 Å². The second-order valence-corrected chi connectivity index (χ2v) is 7.22. The fraction of sp³-hybridized carbons (Fsp3) is 0.0870. The second-order valence-electron chi connectivity index (χ2n) is 6.81. The van der Waals surface area contributed by atoms with Crippen LogP contribution in [0.25, 0.3) is 22.2 Å². The lowest BCUT2D eigenvalue weighted by molar-refractivity contribution is 0.0602. The van der Waals surface area contributed by atoms with Crippen molar-refractivity contribution in [2.75, 3.05) is 12.8 Å². The average Bonchev–Trinajstić information content (AvgIpc) is 3.12. The van der Waals surface area contributed by atoms with Crippen molar-refractivity contribution < 1.29 is 14.3 Å². The van der Waals surface area contributed by atoms with E-state index in [4.69, 9.17) is 22.1 Å². The molecule has 3 aromatic carbocycles. The molecule has 0 amide bonds. The molecule has 30 heavy (non-hydrogen) atoms. The first-order valence-electron chi connectivity index (χ1n) is 9.18. The van der Waals surface area contributed by atoms with Crippen LogP contribution in [-0.2, 0) is 4.74 Å². The van der Waals surface area contributed by atoms with E-state index in [0.29, 0.717) is 27.4 Å². The normalized spacial score (nSPS) is 10.9. The van der Waals surface area contributed by atoms with Gasteiger partial charge in [0.25, 0.3) is 5.91 Å². The average molecular weight is 420 g/mol. The Kier molecular flexibility index (Phi) is 5.01. The molecule has 0 atom stereocenters. The Labute approximate surface area is 177 Å². The first kappa shape index (κ1) is 19.7. The van der Waals surface area contributed by atoms with Crippen LogP contribution in [0.3, 0.4) is 0 Å². The lowest BCUT2D eigenvalue weighted by Gasteiger charge is -2.08. The summed E-state index contributed by atoms with van der Waals surface area (Å²) in [5.41, 5.74) is 9.67. The molecule has 0 unspecified atom stereocenters. The number of methoxy groups -OCH3 is 1. The van der Waals surface area contributed by atoms with Gasteiger partial charge in [0, 0.05) is 16.6 Å². The molecule has 1 aromatic heterocycles. The Morgan fingerprint density at radius 3 is 2.53 bits per heavy atom. The number of rotatable bonds is 3. The van der Waals surface area contributed by atoms with Crippen molar-refractivity contribution in [1.82, 2.24) is 9.78 Å². The molecule has 0 spiro atoms. The molecule has 0 aliphatic carbocycles. The number of carbonyl (C=O) groups is 2. The number of nitrogen functional groups attached to an aromatic ring is 1. The number of nitrogens with zero attached hydrogens (tertiary/aromatic N) is 2. The molecule has 2 N–H and O–H groups in total. The van der Waals surface area contributed by atoms with Gasteiger partial charge in [0.15, 0.2) is 0 Å². The van der Waals surface area contributed by atoms with Crippen LogP contribution in [0.5, 0.6) is 0 Å². The topological polar surface area (TPSA) is 87.2 Å². The number of aryl methyl sites for hydroxylation is 1. The van der Waals surface area contributed by atoms with Gasteiger partial charge < -0.3 is 10.5 Å². The zero-order chi connectivity index (χ0) is 21.4. The number of ether oxygens (including phenoxy) is 1. The minimum atomic E-state index is -0.515. The number of fused-ring (bicyclic) bond motifs is 1. The van der Waals surface area contributed by atoms with E-state index in [1.165, 1.54) is 11.8 Å². The molecule has 4 rings (SSSR count). The highest BCUT2D eigenvalue weighted by Gasteiger charge is 2.22. The van der Waals surface area contributed by atoms with Gasteiger partial charge in [0.1, 0.15) is 5.69 Å². The third kappa shape index (κ3) is 3.21. The molecule has 6 nitrogen and oxygen atoms in total.